The van der Waals surface area contributed by atoms with Crippen LogP contribution in [0.15, 0.2) is 11.6 Å². The molecule has 1 atom stereocenters. The molecule has 1 heterocycles. The summed E-state index contributed by atoms with van der Waals surface area (Å²) >= 11 is 0. The van der Waals surface area contributed by atoms with E-state index in [1.165, 1.54) is 6.08 Å². The third-order valence-corrected chi connectivity index (χ3v) is 3.24. The zero-order chi connectivity index (χ0) is 14.5. The average molecular weight is 280 g/mol. The highest BCUT2D eigenvalue weighted by Crippen LogP contribution is 2.30. The van der Waals surface area contributed by atoms with Crippen LogP contribution in [0.3, 0.4) is 0 Å². The summed E-state index contributed by atoms with van der Waals surface area (Å²) in [5.41, 5.74) is -0.406. The summed E-state index contributed by atoms with van der Waals surface area (Å²) in [5, 5.41) is 3.30. The molecule has 1 rings (SSSR count). The van der Waals surface area contributed by atoms with Crippen LogP contribution < -0.4 is 5.32 Å². The lowest BCUT2D eigenvalue weighted by molar-refractivity contribution is -0.0966. The molecule has 19 heavy (non-hydrogen) atoms. The molecule has 0 saturated carbocycles. The Bertz CT molecular complexity index is 303. The van der Waals surface area contributed by atoms with Gasteiger partial charge in [0.2, 0.25) is 0 Å². The normalized spacial score (nSPS) is 19.6. The van der Waals surface area contributed by atoms with Crippen molar-refractivity contribution in [2.45, 2.75) is 38.5 Å². The molecule has 0 amide bonds. The Morgan fingerprint density at radius 3 is 2.53 bits per heavy atom. The minimum Gasteiger partial charge on any atom is -0.383 e. The van der Waals surface area contributed by atoms with Gasteiger partial charge in [0.1, 0.15) is 0 Å². The Hall–Kier alpha value is -0.590. The van der Waals surface area contributed by atoms with Gasteiger partial charge in [-0.2, -0.15) is 13.2 Å². The third kappa shape index (κ3) is 5.50. The van der Waals surface area contributed by atoms with E-state index in [-0.39, 0.29) is 12.5 Å². The number of hydrogen-bond donors (Lipinski definition) is 1. The first-order chi connectivity index (χ1) is 8.84. The number of hydrogen-bond acceptors (Lipinski definition) is 3. The van der Waals surface area contributed by atoms with Crippen LogP contribution in [-0.2, 0) is 4.74 Å². The molecule has 0 fully saturated rings. The molecule has 3 nitrogen and oxygen atoms in total. The molecule has 1 N–H and O–H groups in total. The summed E-state index contributed by atoms with van der Waals surface area (Å²) < 4.78 is 42.8. The van der Waals surface area contributed by atoms with Crippen LogP contribution in [0.5, 0.6) is 0 Å². The molecule has 0 aliphatic carbocycles. The molecule has 1 unspecified atom stereocenters. The zero-order valence-electron chi connectivity index (χ0n) is 11.8. The van der Waals surface area contributed by atoms with Crippen LogP contribution in [0.4, 0.5) is 13.2 Å². The van der Waals surface area contributed by atoms with Crippen molar-refractivity contribution >= 4 is 0 Å². The molecule has 112 valence electrons. The maximum atomic E-state index is 12.5. The average Bonchev–Trinajstić information content (AvgIpc) is 2.33. The Kier molecular flexibility index (Phi) is 6.29. The summed E-state index contributed by atoms with van der Waals surface area (Å²) in [6.07, 6.45) is -2.83. The van der Waals surface area contributed by atoms with E-state index in [1.807, 2.05) is 18.7 Å². The molecule has 0 spiro atoms. The largest absolute Gasteiger partial charge is 0.412 e. The van der Waals surface area contributed by atoms with Crippen LogP contribution in [0.2, 0.25) is 0 Å². The molecule has 0 aromatic heterocycles. The van der Waals surface area contributed by atoms with Gasteiger partial charge < -0.3 is 10.1 Å². The lowest BCUT2D eigenvalue weighted by Gasteiger charge is -2.34. The Balaban J connectivity index is 2.56. The van der Waals surface area contributed by atoms with Gasteiger partial charge in [0, 0.05) is 44.4 Å². The second-order valence-corrected chi connectivity index (χ2v) is 5.14. The van der Waals surface area contributed by atoms with Crippen molar-refractivity contribution in [2.75, 3.05) is 33.4 Å². The zero-order valence-corrected chi connectivity index (χ0v) is 11.8. The lowest BCUT2D eigenvalue weighted by Crippen LogP contribution is -2.48. The summed E-state index contributed by atoms with van der Waals surface area (Å²) in [6, 6.07) is 0.462. The maximum Gasteiger partial charge on any atom is 0.412 e. The highest BCUT2D eigenvalue weighted by Gasteiger charge is 2.35. The van der Waals surface area contributed by atoms with Gasteiger partial charge in [0.25, 0.3) is 0 Å². The Morgan fingerprint density at radius 2 is 2.11 bits per heavy atom. The number of rotatable bonds is 6. The number of methoxy groups -OCH3 is 1. The van der Waals surface area contributed by atoms with Crippen LogP contribution in [0.25, 0.3) is 0 Å². The highest BCUT2D eigenvalue weighted by molar-refractivity contribution is 5.13. The molecule has 6 heteroatoms. The van der Waals surface area contributed by atoms with Gasteiger partial charge >= 0.3 is 6.18 Å². The molecule has 0 radical (unpaired) electrons. The first-order valence-corrected chi connectivity index (χ1v) is 6.57. The predicted molar refractivity (Wildman–Crippen MR) is 69.1 cm³/mol. The van der Waals surface area contributed by atoms with Crippen molar-refractivity contribution in [1.82, 2.24) is 10.2 Å². The molecule has 0 aromatic carbocycles. The molecule has 0 bridgehead atoms. The molecule has 0 saturated heterocycles. The van der Waals surface area contributed by atoms with Crippen LogP contribution in [0, 0.1) is 0 Å². The van der Waals surface area contributed by atoms with E-state index in [9.17, 15) is 13.2 Å². The van der Waals surface area contributed by atoms with E-state index in [0.29, 0.717) is 25.7 Å². The number of ether oxygens (including phenoxy) is 1. The van der Waals surface area contributed by atoms with Gasteiger partial charge in [-0.15, -0.1) is 0 Å². The molecular formula is C13H23F3N2O. The van der Waals surface area contributed by atoms with Crippen LogP contribution >= 0.6 is 0 Å². The van der Waals surface area contributed by atoms with Gasteiger partial charge in [-0.3, -0.25) is 4.90 Å². The number of halogens is 3. The smallest absolute Gasteiger partial charge is 0.383 e. The van der Waals surface area contributed by atoms with Gasteiger partial charge in [-0.25, -0.2) is 0 Å². The van der Waals surface area contributed by atoms with Gasteiger partial charge in [0.05, 0.1) is 6.61 Å². The fraction of sp³-hybridized carbons (Fsp3) is 0.846. The first-order valence-electron chi connectivity index (χ1n) is 6.57. The quantitative estimate of drug-likeness (QED) is 0.755. The van der Waals surface area contributed by atoms with E-state index in [4.69, 9.17) is 4.74 Å². The predicted octanol–water partition coefficient (Wildman–Crippen LogP) is 2.19. The molecule has 1 aliphatic rings. The molecule has 0 aromatic rings. The maximum absolute atomic E-state index is 12.5. The van der Waals surface area contributed by atoms with Gasteiger partial charge in [0.15, 0.2) is 0 Å². The van der Waals surface area contributed by atoms with E-state index in [0.717, 1.165) is 6.54 Å². The van der Waals surface area contributed by atoms with E-state index >= 15 is 0 Å². The number of nitrogens with zero attached hydrogens (tertiary/aromatic N) is 1. The monoisotopic (exact) mass is 280 g/mol. The Labute approximate surface area is 112 Å². The second kappa shape index (κ2) is 7.26. The highest BCUT2D eigenvalue weighted by atomic mass is 19.4. The first kappa shape index (κ1) is 16.5. The van der Waals surface area contributed by atoms with Crippen LogP contribution in [-0.4, -0.2) is 56.5 Å². The summed E-state index contributed by atoms with van der Waals surface area (Å²) in [6.45, 7) is 6.10. The number of nitrogens with one attached hydrogen (secondary N) is 1. The minimum absolute atomic E-state index is 0.0609. The van der Waals surface area contributed by atoms with E-state index < -0.39 is 11.7 Å². The van der Waals surface area contributed by atoms with Crippen molar-refractivity contribution < 1.29 is 17.9 Å². The van der Waals surface area contributed by atoms with Crippen molar-refractivity contribution in [3.8, 4) is 0 Å². The Morgan fingerprint density at radius 1 is 1.42 bits per heavy atom. The van der Waals surface area contributed by atoms with Crippen molar-refractivity contribution in [3.63, 3.8) is 0 Å². The minimum atomic E-state index is -4.18. The summed E-state index contributed by atoms with van der Waals surface area (Å²) in [7, 11) is 1.61. The van der Waals surface area contributed by atoms with Gasteiger partial charge in [-0.05, 0) is 6.42 Å². The lowest BCUT2D eigenvalue weighted by atomic mass is 10.1. The van der Waals surface area contributed by atoms with Crippen molar-refractivity contribution in [1.29, 1.82) is 0 Å². The third-order valence-electron chi connectivity index (χ3n) is 3.24. The van der Waals surface area contributed by atoms with Crippen LogP contribution in [0.1, 0.15) is 20.3 Å². The van der Waals surface area contributed by atoms with Crippen molar-refractivity contribution in [2.24, 2.45) is 0 Å². The van der Waals surface area contributed by atoms with E-state index in [1.54, 1.807) is 7.11 Å². The summed E-state index contributed by atoms with van der Waals surface area (Å²) in [4.78, 5) is 2.04. The molecular weight excluding hydrogens is 257 g/mol. The molecule has 1 aliphatic heterocycles. The fourth-order valence-electron chi connectivity index (χ4n) is 2.13. The topological polar surface area (TPSA) is 24.5 Å². The van der Waals surface area contributed by atoms with Crippen molar-refractivity contribution in [3.05, 3.63) is 11.6 Å². The SMILES string of the molecule is COCC(CNC(C)C)N1CC=C(C(F)(F)F)CC1. The fourth-order valence-corrected chi connectivity index (χ4v) is 2.13. The van der Waals surface area contributed by atoms with Gasteiger partial charge in [-0.1, -0.05) is 19.9 Å². The summed E-state index contributed by atoms with van der Waals surface area (Å²) in [5.74, 6) is 0. The standard InChI is InChI=1S/C13H23F3N2O/c1-10(2)17-8-12(9-19-3)18-6-4-11(5-7-18)13(14,15)16/h4,10,12,17H,5-9H2,1-3H3. The second-order valence-electron chi connectivity index (χ2n) is 5.14. The number of alkyl halides is 3. The van der Waals surface area contributed by atoms with E-state index in [2.05, 4.69) is 5.32 Å².